The van der Waals surface area contributed by atoms with Gasteiger partial charge in [0.2, 0.25) is 0 Å². The fraction of sp³-hybridized carbons (Fsp3) is 0. The maximum atomic E-state index is 8.39. The third kappa shape index (κ3) is 3.63. The molecule has 0 atom stereocenters. The third-order valence-corrected chi connectivity index (χ3v) is 2.56. The molecule has 4 heteroatoms. The number of nitrogens with zero attached hydrogens (tertiary/aromatic N) is 2. The van der Waals surface area contributed by atoms with Crippen LogP contribution in [0.5, 0.6) is 11.5 Å². The highest BCUT2D eigenvalue weighted by atomic mass is 16.5. The molecule has 96 valence electrons. The van der Waals surface area contributed by atoms with Crippen molar-refractivity contribution in [2.75, 3.05) is 0 Å². The fourth-order valence-electron chi connectivity index (χ4n) is 1.59. The minimum absolute atomic E-state index is 0.516. The summed E-state index contributed by atoms with van der Waals surface area (Å²) in [7, 11) is 0. The molecule has 2 rings (SSSR count). The molecule has 0 aliphatic heterocycles. The van der Waals surface area contributed by atoms with Gasteiger partial charge in [-0.25, -0.2) is 0 Å². The molecule has 0 saturated carbocycles. The van der Waals surface area contributed by atoms with Crippen molar-refractivity contribution in [2.45, 2.75) is 0 Å². The second-order valence-electron chi connectivity index (χ2n) is 3.86. The molecule has 0 amide bonds. The minimum Gasteiger partial charge on any atom is -0.388 e. The van der Waals surface area contributed by atoms with Crippen LogP contribution in [0.3, 0.4) is 0 Å². The summed E-state index contributed by atoms with van der Waals surface area (Å²) in [5.41, 5.74) is 1.99. The lowest BCUT2D eigenvalue weighted by molar-refractivity contribution is 0.507. The Balaban J connectivity index is 2.05. The molecule has 0 unspecified atom stereocenters. The molecule has 2 aromatic carbocycles. The highest BCUT2D eigenvalue weighted by Crippen LogP contribution is 2.16. The minimum atomic E-state index is 0.516. The summed E-state index contributed by atoms with van der Waals surface area (Å²) in [5.74, 6) is 1.03. The van der Waals surface area contributed by atoms with Gasteiger partial charge in [-0.1, -0.05) is 36.4 Å². The Morgan fingerprint density at radius 2 is 1.00 bits per heavy atom. The second kappa shape index (κ2) is 6.63. The summed E-state index contributed by atoms with van der Waals surface area (Å²) in [6.07, 6.45) is 7.13. The van der Waals surface area contributed by atoms with Crippen LogP contribution in [-0.2, 0) is 0 Å². The molecule has 0 aromatic heterocycles. The second-order valence-corrected chi connectivity index (χ2v) is 3.86. The molecule has 0 aliphatic rings. The van der Waals surface area contributed by atoms with Gasteiger partial charge in [0.05, 0.1) is 0 Å². The van der Waals surface area contributed by atoms with Gasteiger partial charge in [-0.15, -0.1) is 10.5 Å². The van der Waals surface area contributed by atoms with Crippen LogP contribution in [0.2, 0.25) is 0 Å². The lowest BCUT2D eigenvalue weighted by atomic mass is 10.1. The lowest BCUT2D eigenvalue weighted by Gasteiger charge is -1.98. The zero-order chi connectivity index (χ0) is 14.2. The van der Waals surface area contributed by atoms with Crippen LogP contribution in [0.4, 0.5) is 0 Å². The van der Waals surface area contributed by atoms with E-state index in [1.165, 1.54) is 0 Å². The number of hydrogen-bond acceptors (Lipinski definition) is 4. The predicted octanol–water partition coefficient (Wildman–Crippen LogP) is 3.58. The van der Waals surface area contributed by atoms with E-state index >= 15 is 0 Å². The highest BCUT2D eigenvalue weighted by Gasteiger charge is 1.94. The SMILES string of the molecule is N#COc1ccc(C=Cc2ccc(OC#N)cc2)cc1. The molecular formula is C16H10N2O2. The molecule has 0 radical (unpaired) electrons. The van der Waals surface area contributed by atoms with Gasteiger partial charge in [-0.05, 0) is 35.4 Å². The zero-order valence-electron chi connectivity index (χ0n) is 10.5. The molecule has 0 aliphatic carbocycles. The van der Waals surface area contributed by atoms with Crippen molar-refractivity contribution in [1.29, 1.82) is 10.5 Å². The van der Waals surface area contributed by atoms with Crippen molar-refractivity contribution in [3.63, 3.8) is 0 Å². The average Bonchev–Trinajstić information content (AvgIpc) is 2.49. The maximum absolute atomic E-state index is 8.39. The first-order valence-corrected chi connectivity index (χ1v) is 5.82. The number of rotatable bonds is 4. The first kappa shape index (κ1) is 13.2. The Kier molecular flexibility index (Phi) is 4.37. The van der Waals surface area contributed by atoms with Crippen LogP contribution in [-0.4, -0.2) is 0 Å². The zero-order valence-corrected chi connectivity index (χ0v) is 10.5. The quantitative estimate of drug-likeness (QED) is 0.624. The van der Waals surface area contributed by atoms with Gasteiger partial charge in [-0.3, -0.25) is 0 Å². The van der Waals surface area contributed by atoms with Gasteiger partial charge in [-0.2, -0.15) is 0 Å². The predicted molar refractivity (Wildman–Crippen MR) is 74.3 cm³/mol. The standard InChI is InChI=1S/C16H10N2O2/c17-11-19-15-7-3-13(4-8-15)1-2-14-5-9-16(10-6-14)20-12-18/h1-10H. The van der Waals surface area contributed by atoms with Gasteiger partial charge < -0.3 is 9.47 Å². The van der Waals surface area contributed by atoms with Gasteiger partial charge in [0.25, 0.3) is 12.5 Å². The van der Waals surface area contributed by atoms with E-state index in [1.807, 2.05) is 36.4 Å². The molecule has 0 heterocycles. The number of benzene rings is 2. The monoisotopic (exact) mass is 262 g/mol. The first-order valence-electron chi connectivity index (χ1n) is 5.82. The molecule has 0 saturated heterocycles. The van der Waals surface area contributed by atoms with Crippen molar-refractivity contribution in [3.05, 3.63) is 59.7 Å². The Morgan fingerprint density at radius 1 is 0.650 bits per heavy atom. The van der Waals surface area contributed by atoms with E-state index in [0.717, 1.165) is 11.1 Å². The molecule has 0 spiro atoms. The first-order chi connectivity index (χ1) is 9.81. The van der Waals surface area contributed by atoms with Crippen LogP contribution < -0.4 is 9.47 Å². The summed E-state index contributed by atoms with van der Waals surface area (Å²) >= 11 is 0. The lowest BCUT2D eigenvalue weighted by Crippen LogP contribution is -1.82. The van der Waals surface area contributed by atoms with E-state index in [4.69, 9.17) is 20.0 Å². The fourth-order valence-corrected chi connectivity index (χ4v) is 1.59. The summed E-state index contributed by atoms with van der Waals surface area (Å²) in [6.45, 7) is 0. The molecule has 4 nitrogen and oxygen atoms in total. The van der Waals surface area contributed by atoms with Crippen molar-refractivity contribution < 1.29 is 9.47 Å². The number of nitriles is 2. The smallest absolute Gasteiger partial charge is 0.292 e. The number of hydrogen-bond donors (Lipinski definition) is 0. The Hall–Kier alpha value is -3.24. The van der Waals surface area contributed by atoms with Crippen LogP contribution in [0.1, 0.15) is 11.1 Å². The maximum Gasteiger partial charge on any atom is 0.292 e. The van der Waals surface area contributed by atoms with Crippen LogP contribution in [0.15, 0.2) is 48.5 Å². The number of ether oxygens (including phenoxy) is 2. The van der Waals surface area contributed by atoms with Crippen molar-refractivity contribution in [1.82, 2.24) is 0 Å². The molecule has 0 N–H and O–H groups in total. The topological polar surface area (TPSA) is 66.0 Å². The summed E-state index contributed by atoms with van der Waals surface area (Å²) in [6, 6.07) is 14.3. The molecular weight excluding hydrogens is 252 g/mol. The Morgan fingerprint density at radius 3 is 1.30 bits per heavy atom. The van der Waals surface area contributed by atoms with Gasteiger partial charge >= 0.3 is 0 Å². The normalized spacial score (nSPS) is 9.70. The van der Waals surface area contributed by atoms with E-state index in [1.54, 1.807) is 36.8 Å². The van der Waals surface area contributed by atoms with E-state index in [2.05, 4.69) is 0 Å². The van der Waals surface area contributed by atoms with Crippen molar-refractivity contribution in [3.8, 4) is 24.0 Å². The van der Waals surface area contributed by atoms with Gasteiger partial charge in [0, 0.05) is 0 Å². The molecule has 20 heavy (non-hydrogen) atoms. The Labute approximate surface area is 116 Å². The Bertz CT molecular complexity index is 613. The van der Waals surface area contributed by atoms with E-state index in [9.17, 15) is 0 Å². The summed E-state index contributed by atoms with van der Waals surface area (Å²) < 4.78 is 9.40. The van der Waals surface area contributed by atoms with Crippen molar-refractivity contribution in [2.24, 2.45) is 0 Å². The largest absolute Gasteiger partial charge is 0.388 e. The third-order valence-electron chi connectivity index (χ3n) is 2.56. The van der Waals surface area contributed by atoms with Crippen LogP contribution >= 0.6 is 0 Å². The summed E-state index contributed by atoms with van der Waals surface area (Å²) in [5, 5.41) is 16.8. The molecule has 0 fully saturated rings. The van der Waals surface area contributed by atoms with E-state index in [0.29, 0.717) is 11.5 Å². The van der Waals surface area contributed by atoms with E-state index < -0.39 is 0 Å². The molecule has 0 bridgehead atoms. The molecule has 2 aromatic rings. The van der Waals surface area contributed by atoms with Crippen LogP contribution in [0, 0.1) is 23.0 Å². The highest BCUT2D eigenvalue weighted by molar-refractivity contribution is 5.70. The van der Waals surface area contributed by atoms with Gasteiger partial charge in [0.1, 0.15) is 11.5 Å². The summed E-state index contributed by atoms with van der Waals surface area (Å²) in [4.78, 5) is 0. The van der Waals surface area contributed by atoms with Crippen LogP contribution in [0.25, 0.3) is 12.2 Å². The van der Waals surface area contributed by atoms with Crippen molar-refractivity contribution >= 4 is 12.2 Å². The average molecular weight is 262 g/mol. The van der Waals surface area contributed by atoms with E-state index in [-0.39, 0.29) is 0 Å². The van der Waals surface area contributed by atoms with Gasteiger partial charge in [0.15, 0.2) is 0 Å².